The van der Waals surface area contributed by atoms with Crippen molar-refractivity contribution in [2.45, 2.75) is 12.8 Å². The summed E-state index contributed by atoms with van der Waals surface area (Å²) in [6, 6.07) is 5.19. The van der Waals surface area contributed by atoms with Gasteiger partial charge in [0.1, 0.15) is 5.75 Å². The maximum Gasteiger partial charge on any atom is 0.234 e. The fourth-order valence-corrected chi connectivity index (χ4v) is 2.06. The number of ether oxygens (including phenoxy) is 1. The first kappa shape index (κ1) is 11.1. The summed E-state index contributed by atoms with van der Waals surface area (Å²) in [5, 5.41) is 0. The van der Waals surface area contributed by atoms with Gasteiger partial charge in [0.15, 0.2) is 0 Å². The molecule has 4 nitrogen and oxygen atoms in total. The van der Waals surface area contributed by atoms with Gasteiger partial charge in [-0.05, 0) is 28.1 Å². The summed E-state index contributed by atoms with van der Waals surface area (Å²) in [5.74, 6) is 0.281. The Morgan fingerprint density at radius 2 is 1.88 bits per heavy atom. The van der Waals surface area contributed by atoms with Crippen molar-refractivity contribution in [3.63, 3.8) is 0 Å². The molecule has 1 saturated heterocycles. The van der Waals surface area contributed by atoms with Crippen molar-refractivity contribution >= 4 is 33.4 Å². The fraction of sp³-hybridized carbons (Fsp3) is 0.273. The van der Waals surface area contributed by atoms with Crippen LogP contribution in [0.2, 0.25) is 0 Å². The second-order valence-corrected chi connectivity index (χ2v) is 4.29. The van der Waals surface area contributed by atoms with Crippen molar-refractivity contribution in [2.24, 2.45) is 0 Å². The highest BCUT2D eigenvalue weighted by Gasteiger charge is 2.31. The number of amides is 2. The highest BCUT2D eigenvalue weighted by Crippen LogP contribution is 2.33. The van der Waals surface area contributed by atoms with Crippen molar-refractivity contribution in [1.82, 2.24) is 0 Å². The number of nitrogens with zero attached hydrogens (tertiary/aromatic N) is 1. The molecule has 0 saturated carbocycles. The zero-order valence-corrected chi connectivity index (χ0v) is 10.3. The molecule has 1 aromatic carbocycles. The fourth-order valence-electron chi connectivity index (χ4n) is 1.64. The van der Waals surface area contributed by atoms with Gasteiger partial charge in [-0.3, -0.25) is 9.59 Å². The Balaban J connectivity index is 2.46. The summed E-state index contributed by atoms with van der Waals surface area (Å²) < 4.78 is 5.78. The van der Waals surface area contributed by atoms with Gasteiger partial charge >= 0.3 is 0 Å². The summed E-state index contributed by atoms with van der Waals surface area (Å²) in [7, 11) is 1.54. The van der Waals surface area contributed by atoms with E-state index in [1.54, 1.807) is 25.3 Å². The molecule has 0 aliphatic carbocycles. The molecule has 1 heterocycles. The van der Waals surface area contributed by atoms with Crippen molar-refractivity contribution < 1.29 is 14.3 Å². The topological polar surface area (TPSA) is 46.6 Å². The van der Waals surface area contributed by atoms with E-state index in [1.807, 2.05) is 0 Å². The summed E-state index contributed by atoms with van der Waals surface area (Å²) in [6.45, 7) is 0. The van der Waals surface area contributed by atoms with Crippen LogP contribution in [0.5, 0.6) is 5.75 Å². The molecule has 0 unspecified atom stereocenters. The molecule has 0 aromatic heterocycles. The number of carbonyl (C=O) groups excluding carboxylic acids is 2. The van der Waals surface area contributed by atoms with Crippen LogP contribution in [0.3, 0.4) is 0 Å². The predicted octanol–water partition coefficient (Wildman–Crippen LogP) is 2.11. The minimum absolute atomic E-state index is 0.168. The van der Waals surface area contributed by atoms with Crippen molar-refractivity contribution in [3.8, 4) is 5.75 Å². The SMILES string of the molecule is COc1ccc(Br)c(N2C(=O)CCC2=O)c1. The maximum absolute atomic E-state index is 11.6. The van der Waals surface area contributed by atoms with E-state index in [0.717, 1.165) is 0 Å². The van der Waals surface area contributed by atoms with Crippen LogP contribution in [-0.4, -0.2) is 18.9 Å². The van der Waals surface area contributed by atoms with Gasteiger partial charge in [0.25, 0.3) is 0 Å². The lowest BCUT2D eigenvalue weighted by atomic mass is 10.3. The van der Waals surface area contributed by atoms with E-state index < -0.39 is 0 Å². The third-order valence-corrected chi connectivity index (χ3v) is 3.12. The van der Waals surface area contributed by atoms with Gasteiger partial charge < -0.3 is 4.74 Å². The lowest BCUT2D eigenvalue weighted by Gasteiger charge is -2.16. The predicted molar refractivity (Wildman–Crippen MR) is 62.4 cm³/mol. The molecule has 2 amide bonds. The zero-order chi connectivity index (χ0) is 11.7. The number of hydrogen-bond donors (Lipinski definition) is 0. The summed E-state index contributed by atoms with van der Waals surface area (Å²) in [5.41, 5.74) is 0.548. The first-order valence-corrected chi connectivity index (χ1v) is 5.62. The number of benzene rings is 1. The van der Waals surface area contributed by atoms with Crippen molar-refractivity contribution in [2.75, 3.05) is 12.0 Å². The smallest absolute Gasteiger partial charge is 0.234 e. The van der Waals surface area contributed by atoms with Crippen LogP contribution in [-0.2, 0) is 9.59 Å². The number of halogens is 1. The van der Waals surface area contributed by atoms with Gasteiger partial charge in [-0.1, -0.05) is 0 Å². The number of methoxy groups -OCH3 is 1. The third kappa shape index (κ3) is 1.82. The minimum atomic E-state index is -0.168. The molecule has 1 aliphatic heterocycles. The van der Waals surface area contributed by atoms with E-state index in [2.05, 4.69) is 15.9 Å². The second kappa shape index (κ2) is 4.25. The van der Waals surface area contributed by atoms with Gasteiger partial charge in [-0.2, -0.15) is 0 Å². The molecule has 0 N–H and O–H groups in total. The van der Waals surface area contributed by atoms with Gasteiger partial charge in [0, 0.05) is 23.4 Å². The molecule has 0 atom stereocenters. The van der Waals surface area contributed by atoms with Gasteiger partial charge in [0.05, 0.1) is 12.8 Å². The average molecular weight is 284 g/mol. The summed E-state index contributed by atoms with van der Waals surface area (Å²) in [4.78, 5) is 24.4. The van der Waals surface area contributed by atoms with Crippen molar-refractivity contribution in [3.05, 3.63) is 22.7 Å². The molecule has 1 aliphatic rings. The summed E-state index contributed by atoms with van der Waals surface area (Å²) >= 11 is 3.32. The van der Waals surface area contributed by atoms with Gasteiger partial charge in [0.2, 0.25) is 11.8 Å². The third-order valence-electron chi connectivity index (χ3n) is 2.45. The maximum atomic E-state index is 11.6. The molecule has 16 heavy (non-hydrogen) atoms. The van der Waals surface area contributed by atoms with Crippen LogP contribution in [0.4, 0.5) is 5.69 Å². The highest BCUT2D eigenvalue weighted by atomic mass is 79.9. The average Bonchev–Trinajstić information content (AvgIpc) is 2.60. The molecule has 1 fully saturated rings. The quantitative estimate of drug-likeness (QED) is 0.781. The Bertz CT molecular complexity index is 443. The minimum Gasteiger partial charge on any atom is -0.497 e. The number of imide groups is 1. The molecule has 5 heteroatoms. The number of carbonyl (C=O) groups is 2. The van der Waals surface area contributed by atoms with Crippen LogP contribution in [0.15, 0.2) is 22.7 Å². The Kier molecular flexibility index (Phi) is 2.96. The van der Waals surface area contributed by atoms with Gasteiger partial charge in [-0.15, -0.1) is 0 Å². The van der Waals surface area contributed by atoms with E-state index in [-0.39, 0.29) is 24.7 Å². The highest BCUT2D eigenvalue weighted by molar-refractivity contribution is 9.10. The normalized spacial score (nSPS) is 15.8. The van der Waals surface area contributed by atoms with Crippen LogP contribution in [0.25, 0.3) is 0 Å². The monoisotopic (exact) mass is 283 g/mol. The van der Waals surface area contributed by atoms with E-state index in [0.29, 0.717) is 15.9 Å². The first-order valence-electron chi connectivity index (χ1n) is 4.83. The van der Waals surface area contributed by atoms with Crippen LogP contribution < -0.4 is 9.64 Å². The Labute approximate surface area is 101 Å². The zero-order valence-electron chi connectivity index (χ0n) is 8.70. The van der Waals surface area contributed by atoms with Crippen LogP contribution in [0.1, 0.15) is 12.8 Å². The molecule has 0 radical (unpaired) electrons. The molecular weight excluding hydrogens is 274 g/mol. The van der Waals surface area contributed by atoms with E-state index in [1.165, 1.54) is 4.90 Å². The van der Waals surface area contributed by atoms with E-state index >= 15 is 0 Å². The molecule has 84 valence electrons. The number of rotatable bonds is 2. The summed E-state index contributed by atoms with van der Waals surface area (Å²) in [6.07, 6.45) is 0.560. The lowest BCUT2D eigenvalue weighted by molar-refractivity contribution is -0.121. The lowest BCUT2D eigenvalue weighted by Crippen LogP contribution is -2.28. The Morgan fingerprint density at radius 1 is 1.25 bits per heavy atom. The Morgan fingerprint density at radius 3 is 2.44 bits per heavy atom. The standard InChI is InChI=1S/C11H10BrNO3/c1-16-7-2-3-8(12)9(6-7)13-10(14)4-5-11(13)15/h2-3,6H,4-5H2,1H3. The Hall–Kier alpha value is -1.36. The van der Waals surface area contributed by atoms with E-state index in [4.69, 9.17) is 4.74 Å². The van der Waals surface area contributed by atoms with Crippen LogP contribution >= 0.6 is 15.9 Å². The molecule has 0 spiro atoms. The molecule has 0 bridgehead atoms. The van der Waals surface area contributed by atoms with Crippen molar-refractivity contribution in [1.29, 1.82) is 0 Å². The second-order valence-electron chi connectivity index (χ2n) is 3.44. The van der Waals surface area contributed by atoms with Gasteiger partial charge in [-0.25, -0.2) is 4.90 Å². The number of hydrogen-bond acceptors (Lipinski definition) is 3. The number of anilines is 1. The first-order chi connectivity index (χ1) is 7.63. The molecule has 2 rings (SSSR count). The molecule has 1 aromatic rings. The largest absolute Gasteiger partial charge is 0.497 e. The van der Waals surface area contributed by atoms with Crippen LogP contribution in [0, 0.1) is 0 Å². The van der Waals surface area contributed by atoms with E-state index in [9.17, 15) is 9.59 Å². The molecular formula is C11H10BrNO3.